The number of carboxylic acid groups (broad SMARTS) is 1. The number of anilines is 2. The molecule has 3 N–H and O–H groups in total. The van der Waals surface area contributed by atoms with E-state index in [1.165, 1.54) is 29.2 Å². The number of carboxylic acids is 1. The first kappa shape index (κ1) is 24.7. The van der Waals surface area contributed by atoms with Gasteiger partial charge >= 0.3 is 12.0 Å². The Morgan fingerprint density at radius 2 is 1.58 bits per heavy atom. The zero-order chi connectivity index (χ0) is 25.5. The lowest BCUT2D eigenvalue weighted by molar-refractivity contribution is -0.135. The number of carbonyl (C=O) groups is 3. The van der Waals surface area contributed by atoms with Crippen molar-refractivity contribution < 1.29 is 28.6 Å². The molecule has 0 radical (unpaired) electrons. The molecule has 1 heterocycles. The molecule has 186 valence electrons. The third kappa shape index (κ3) is 6.38. The Balaban J connectivity index is 1.30. The van der Waals surface area contributed by atoms with Crippen molar-refractivity contribution in [2.75, 3.05) is 17.2 Å². The Kier molecular flexibility index (Phi) is 7.79. The highest BCUT2D eigenvalue weighted by molar-refractivity contribution is 5.99. The zero-order valence-corrected chi connectivity index (χ0v) is 19.4. The number of urea groups is 1. The molecule has 0 saturated carbocycles. The van der Waals surface area contributed by atoms with Gasteiger partial charge in [0.25, 0.3) is 6.36 Å². The number of nitrogens with one attached hydrogen (secondary N) is 2. The molecule has 2 atom stereocenters. The van der Waals surface area contributed by atoms with Crippen LogP contribution in [0.1, 0.15) is 28.8 Å². The molecule has 3 aromatic rings. The predicted molar refractivity (Wildman–Crippen MR) is 133 cm³/mol. The number of benzene rings is 3. The summed E-state index contributed by atoms with van der Waals surface area (Å²) in [7, 11) is 0. The lowest BCUT2D eigenvalue weighted by Crippen LogP contribution is -2.44. The van der Waals surface area contributed by atoms with Crippen LogP contribution in [-0.4, -0.2) is 46.9 Å². The van der Waals surface area contributed by atoms with E-state index in [0.29, 0.717) is 30.8 Å². The molecule has 1 aliphatic heterocycles. The molecule has 8 nitrogen and oxygen atoms in total. The van der Waals surface area contributed by atoms with Gasteiger partial charge in [-0.15, -0.1) is 0 Å². The molecule has 0 spiro atoms. The van der Waals surface area contributed by atoms with Gasteiger partial charge in [0.2, 0.25) is 5.91 Å². The average molecular weight is 492 g/mol. The molecule has 0 aromatic heterocycles. The molecular formula is C27H26FN3O5. The summed E-state index contributed by atoms with van der Waals surface area (Å²) in [5.74, 6) is -1.09. The lowest BCUT2D eigenvalue weighted by atomic mass is 10.1. The smallest absolute Gasteiger partial charge is 0.335 e. The van der Waals surface area contributed by atoms with E-state index >= 15 is 0 Å². The minimum atomic E-state index is -1.73. The number of carbonyl (C=O) groups excluding carboxylic acids is 2. The van der Waals surface area contributed by atoms with Crippen LogP contribution in [0.3, 0.4) is 0 Å². The standard InChI is InChI=1S/C27H26FN3O5/c28-25(36-22-14-10-19(11-15-22)26(33)34)23-7-4-16-31(23)24(32)17-18-8-12-21(13-9-18)30-27(35)29-20-5-2-1-3-6-20/h1-3,5-6,8-15,23,25H,4,7,16-17H2,(H,33,34)(H2,29,30,35)/t23-,25?/m0/s1. The first-order chi connectivity index (χ1) is 17.4. The number of para-hydroxylation sites is 1. The number of amides is 3. The molecule has 1 aliphatic rings. The Bertz CT molecular complexity index is 1200. The van der Waals surface area contributed by atoms with Crippen LogP contribution in [0.25, 0.3) is 0 Å². The van der Waals surface area contributed by atoms with Gasteiger partial charge in [0.15, 0.2) is 0 Å². The highest BCUT2D eigenvalue weighted by atomic mass is 19.1. The molecule has 1 fully saturated rings. The van der Waals surface area contributed by atoms with Crippen LogP contribution in [-0.2, 0) is 11.2 Å². The Morgan fingerprint density at radius 1 is 0.944 bits per heavy atom. The second-order valence-corrected chi connectivity index (χ2v) is 8.41. The van der Waals surface area contributed by atoms with E-state index in [2.05, 4.69) is 10.6 Å². The summed E-state index contributed by atoms with van der Waals surface area (Å²) in [6, 6.07) is 20.3. The third-order valence-electron chi connectivity index (χ3n) is 5.87. The van der Waals surface area contributed by atoms with Gasteiger partial charge in [-0.3, -0.25) is 4.79 Å². The SMILES string of the molecule is O=C(Nc1ccccc1)Nc1ccc(CC(=O)N2CCC[C@H]2C(F)Oc2ccc(C(=O)O)cc2)cc1. The molecular weight excluding hydrogens is 465 g/mol. The summed E-state index contributed by atoms with van der Waals surface area (Å²) in [6.45, 7) is 0.435. The fraction of sp³-hybridized carbons (Fsp3) is 0.222. The second kappa shape index (κ2) is 11.4. The van der Waals surface area contributed by atoms with E-state index in [0.717, 1.165) is 5.56 Å². The van der Waals surface area contributed by atoms with E-state index in [4.69, 9.17) is 9.84 Å². The molecule has 0 aliphatic carbocycles. The van der Waals surface area contributed by atoms with Crippen LogP contribution in [0.4, 0.5) is 20.6 Å². The molecule has 9 heteroatoms. The third-order valence-corrected chi connectivity index (χ3v) is 5.87. The number of alkyl halides is 1. The van der Waals surface area contributed by atoms with Gasteiger partial charge in [-0.25, -0.2) is 9.59 Å². The normalized spacial score (nSPS) is 15.7. The van der Waals surface area contributed by atoms with Gasteiger partial charge in [-0.05, 0) is 66.9 Å². The van der Waals surface area contributed by atoms with E-state index in [1.54, 1.807) is 36.4 Å². The summed E-state index contributed by atoms with van der Waals surface area (Å²) in [4.78, 5) is 37.5. The van der Waals surface area contributed by atoms with E-state index in [1.807, 2.05) is 18.2 Å². The van der Waals surface area contributed by atoms with Crippen molar-refractivity contribution in [1.29, 1.82) is 0 Å². The van der Waals surface area contributed by atoms with Gasteiger partial charge < -0.3 is 25.4 Å². The van der Waals surface area contributed by atoms with Gasteiger partial charge in [0.05, 0.1) is 18.0 Å². The predicted octanol–water partition coefficient (Wildman–Crippen LogP) is 4.94. The number of hydrogen-bond donors (Lipinski definition) is 3. The number of aromatic carboxylic acids is 1. The summed E-state index contributed by atoms with van der Waals surface area (Å²) >= 11 is 0. The number of ether oxygens (including phenoxy) is 1. The highest BCUT2D eigenvalue weighted by Crippen LogP contribution is 2.26. The molecule has 36 heavy (non-hydrogen) atoms. The number of likely N-dealkylation sites (tertiary alicyclic amines) is 1. The highest BCUT2D eigenvalue weighted by Gasteiger charge is 2.36. The maximum Gasteiger partial charge on any atom is 0.335 e. The van der Waals surface area contributed by atoms with E-state index in [9.17, 15) is 18.8 Å². The van der Waals surface area contributed by atoms with Crippen molar-refractivity contribution in [2.45, 2.75) is 31.7 Å². The monoisotopic (exact) mass is 491 g/mol. The number of rotatable bonds is 8. The molecule has 3 aromatic carbocycles. The quantitative estimate of drug-likeness (QED) is 0.414. The Labute approximate surface area is 207 Å². The first-order valence-corrected chi connectivity index (χ1v) is 11.5. The summed E-state index contributed by atoms with van der Waals surface area (Å²) < 4.78 is 20.3. The summed E-state index contributed by atoms with van der Waals surface area (Å²) in [6.07, 6.45) is -0.508. The minimum absolute atomic E-state index is 0.0773. The molecule has 1 saturated heterocycles. The maximum atomic E-state index is 15.0. The summed E-state index contributed by atoms with van der Waals surface area (Å²) in [5.41, 5.74) is 2.06. The molecule has 0 bridgehead atoms. The molecule has 3 amide bonds. The Hall–Kier alpha value is -4.40. The maximum absolute atomic E-state index is 15.0. The first-order valence-electron chi connectivity index (χ1n) is 11.5. The molecule has 4 rings (SSSR count). The van der Waals surface area contributed by atoms with Crippen molar-refractivity contribution in [2.24, 2.45) is 0 Å². The van der Waals surface area contributed by atoms with Crippen molar-refractivity contribution in [3.63, 3.8) is 0 Å². The Morgan fingerprint density at radius 3 is 2.22 bits per heavy atom. The minimum Gasteiger partial charge on any atom is -0.478 e. The van der Waals surface area contributed by atoms with Crippen LogP contribution >= 0.6 is 0 Å². The molecule has 1 unspecified atom stereocenters. The number of hydrogen-bond acceptors (Lipinski definition) is 4. The largest absolute Gasteiger partial charge is 0.478 e. The zero-order valence-electron chi connectivity index (χ0n) is 19.4. The van der Waals surface area contributed by atoms with Crippen molar-refractivity contribution in [1.82, 2.24) is 4.90 Å². The van der Waals surface area contributed by atoms with Crippen molar-refractivity contribution in [3.05, 3.63) is 90.0 Å². The van der Waals surface area contributed by atoms with Gasteiger partial charge in [-0.1, -0.05) is 30.3 Å². The van der Waals surface area contributed by atoms with Crippen molar-refractivity contribution >= 4 is 29.3 Å². The van der Waals surface area contributed by atoms with Crippen LogP contribution in [0, 0.1) is 0 Å². The van der Waals surface area contributed by atoms with Gasteiger partial charge in [0.1, 0.15) is 5.75 Å². The van der Waals surface area contributed by atoms with E-state index < -0.39 is 18.4 Å². The van der Waals surface area contributed by atoms with Crippen LogP contribution in [0.2, 0.25) is 0 Å². The van der Waals surface area contributed by atoms with E-state index in [-0.39, 0.29) is 29.7 Å². The van der Waals surface area contributed by atoms with Crippen LogP contribution in [0.5, 0.6) is 5.75 Å². The lowest BCUT2D eigenvalue weighted by Gasteiger charge is -2.27. The fourth-order valence-electron chi connectivity index (χ4n) is 4.06. The number of halogens is 1. The average Bonchev–Trinajstić information content (AvgIpc) is 3.37. The van der Waals surface area contributed by atoms with Gasteiger partial charge in [0, 0.05) is 17.9 Å². The fourth-order valence-corrected chi connectivity index (χ4v) is 4.06. The summed E-state index contributed by atoms with van der Waals surface area (Å²) in [5, 5.41) is 14.4. The number of nitrogens with zero attached hydrogens (tertiary/aromatic N) is 1. The van der Waals surface area contributed by atoms with Crippen LogP contribution < -0.4 is 15.4 Å². The second-order valence-electron chi connectivity index (χ2n) is 8.41. The van der Waals surface area contributed by atoms with Crippen molar-refractivity contribution in [3.8, 4) is 5.75 Å². The van der Waals surface area contributed by atoms with Gasteiger partial charge in [-0.2, -0.15) is 4.39 Å². The van der Waals surface area contributed by atoms with Crippen LogP contribution in [0.15, 0.2) is 78.9 Å². The topological polar surface area (TPSA) is 108 Å².